The lowest BCUT2D eigenvalue weighted by molar-refractivity contribution is 0.452. The third-order valence-electron chi connectivity index (χ3n) is 2.34. The maximum Gasteiger partial charge on any atom is 0.152 e. The highest BCUT2D eigenvalue weighted by molar-refractivity contribution is 6.29. The monoisotopic (exact) mass is 201 g/mol. The predicted octanol–water partition coefficient (Wildman–Crippen LogP) is 1.79. The topological polar surface area (TPSA) is 51.8 Å². The van der Waals surface area contributed by atoms with Crippen LogP contribution in [0.2, 0.25) is 5.15 Å². The molecule has 1 aromatic heterocycles. The molecule has 0 unspecified atom stereocenters. The average molecular weight is 202 g/mol. The van der Waals surface area contributed by atoms with E-state index >= 15 is 0 Å². The maximum absolute atomic E-state index is 12.2. The molecule has 2 atom stereocenters. The Kier molecular flexibility index (Phi) is 2.07. The molecule has 0 bridgehead atoms. The molecule has 1 aliphatic rings. The number of halogens is 2. The average Bonchev–Trinajstić information content (AvgIpc) is 2.88. The number of nitrogen functional groups attached to an aromatic ring is 1. The van der Waals surface area contributed by atoms with Gasteiger partial charge in [0.25, 0.3) is 0 Å². The Labute approximate surface area is 80.1 Å². The molecule has 0 radical (unpaired) electrons. The molecule has 1 heterocycles. The minimum Gasteiger partial charge on any atom is -0.382 e. The summed E-state index contributed by atoms with van der Waals surface area (Å²) in [4.78, 5) is 0. The minimum absolute atomic E-state index is 0.0996. The Morgan fingerprint density at radius 3 is 3.00 bits per heavy atom. The zero-order valence-electron chi connectivity index (χ0n) is 6.87. The van der Waals surface area contributed by atoms with Crippen molar-refractivity contribution < 1.29 is 4.39 Å². The molecule has 1 saturated carbocycles. The Balaban J connectivity index is 2.25. The number of alkyl halides is 1. The summed E-state index contributed by atoms with van der Waals surface area (Å²) in [5.41, 5.74) is 6.43. The molecule has 1 aliphatic carbocycles. The van der Waals surface area contributed by atoms with Crippen LogP contribution in [0.3, 0.4) is 0 Å². The Morgan fingerprint density at radius 2 is 2.38 bits per heavy atom. The molecule has 1 aromatic rings. The van der Waals surface area contributed by atoms with E-state index in [0.29, 0.717) is 11.0 Å². The van der Waals surface area contributed by atoms with Crippen molar-refractivity contribution in [3.05, 3.63) is 16.8 Å². The van der Waals surface area contributed by atoms with Crippen LogP contribution in [-0.4, -0.2) is 16.9 Å². The van der Waals surface area contributed by atoms with Crippen LogP contribution in [-0.2, 0) is 0 Å². The summed E-state index contributed by atoms with van der Waals surface area (Å²) in [6.45, 7) is -0.302. The van der Waals surface area contributed by atoms with Gasteiger partial charge in [0.05, 0.1) is 6.67 Å². The molecular formula is C8H9ClFN3. The van der Waals surface area contributed by atoms with Crippen LogP contribution >= 0.6 is 11.6 Å². The maximum atomic E-state index is 12.2. The lowest BCUT2D eigenvalue weighted by Crippen LogP contribution is -1.99. The molecule has 0 aliphatic heterocycles. The summed E-state index contributed by atoms with van der Waals surface area (Å²) in [5.74, 6) is 0.658. The SMILES string of the molecule is Nc1nnc(Cl)cc1[C@H]1C[C@@H]1CF. The van der Waals surface area contributed by atoms with Crippen LogP contribution in [0.15, 0.2) is 6.07 Å². The van der Waals surface area contributed by atoms with Crippen molar-refractivity contribution in [3.63, 3.8) is 0 Å². The first-order chi connectivity index (χ1) is 6.22. The van der Waals surface area contributed by atoms with Gasteiger partial charge in [-0.1, -0.05) is 11.6 Å². The molecule has 3 nitrogen and oxygen atoms in total. The summed E-state index contributed by atoms with van der Waals surface area (Å²) in [5, 5.41) is 7.59. The van der Waals surface area contributed by atoms with Gasteiger partial charge < -0.3 is 5.73 Å². The van der Waals surface area contributed by atoms with E-state index in [-0.39, 0.29) is 18.5 Å². The Bertz CT molecular complexity index is 331. The number of aromatic nitrogens is 2. The summed E-state index contributed by atoms with van der Waals surface area (Å²) >= 11 is 5.66. The van der Waals surface area contributed by atoms with Gasteiger partial charge in [0.1, 0.15) is 5.82 Å². The van der Waals surface area contributed by atoms with Crippen molar-refractivity contribution in [3.8, 4) is 0 Å². The van der Waals surface area contributed by atoms with Crippen LogP contribution in [0.4, 0.5) is 10.2 Å². The molecule has 0 aromatic carbocycles. The fourth-order valence-corrected chi connectivity index (χ4v) is 1.64. The molecule has 0 saturated heterocycles. The molecule has 0 spiro atoms. The van der Waals surface area contributed by atoms with Crippen LogP contribution in [0.1, 0.15) is 17.9 Å². The quantitative estimate of drug-likeness (QED) is 0.794. The number of rotatable bonds is 2. The molecule has 0 amide bonds. The fourth-order valence-electron chi connectivity index (χ4n) is 1.49. The van der Waals surface area contributed by atoms with E-state index < -0.39 is 0 Å². The first kappa shape index (κ1) is 8.69. The summed E-state index contributed by atoms with van der Waals surface area (Å²) in [6.07, 6.45) is 0.836. The molecule has 5 heteroatoms. The number of anilines is 1. The second kappa shape index (κ2) is 3.10. The first-order valence-corrected chi connectivity index (χ1v) is 4.44. The third-order valence-corrected chi connectivity index (χ3v) is 2.53. The van der Waals surface area contributed by atoms with Crippen LogP contribution in [0.5, 0.6) is 0 Å². The van der Waals surface area contributed by atoms with E-state index in [4.69, 9.17) is 17.3 Å². The summed E-state index contributed by atoms with van der Waals surface area (Å²) < 4.78 is 12.2. The van der Waals surface area contributed by atoms with E-state index in [1.807, 2.05) is 0 Å². The van der Waals surface area contributed by atoms with Crippen molar-refractivity contribution in [1.82, 2.24) is 10.2 Å². The normalized spacial score (nSPS) is 26.0. The summed E-state index contributed by atoms with van der Waals surface area (Å²) in [6, 6.07) is 1.67. The third kappa shape index (κ3) is 1.58. The zero-order chi connectivity index (χ0) is 9.42. The Morgan fingerprint density at radius 1 is 1.62 bits per heavy atom. The van der Waals surface area contributed by atoms with Crippen molar-refractivity contribution in [2.24, 2.45) is 5.92 Å². The Hall–Kier alpha value is -0.900. The number of nitrogens with zero attached hydrogens (tertiary/aromatic N) is 2. The largest absolute Gasteiger partial charge is 0.382 e. The van der Waals surface area contributed by atoms with Gasteiger partial charge in [0, 0.05) is 5.56 Å². The van der Waals surface area contributed by atoms with E-state index in [9.17, 15) is 4.39 Å². The number of hydrogen-bond acceptors (Lipinski definition) is 3. The van der Waals surface area contributed by atoms with Crippen molar-refractivity contribution >= 4 is 17.4 Å². The molecule has 2 N–H and O–H groups in total. The van der Waals surface area contributed by atoms with Crippen LogP contribution < -0.4 is 5.73 Å². The van der Waals surface area contributed by atoms with E-state index in [0.717, 1.165) is 12.0 Å². The van der Waals surface area contributed by atoms with Crippen LogP contribution in [0, 0.1) is 5.92 Å². The molecule has 70 valence electrons. The van der Waals surface area contributed by atoms with Crippen molar-refractivity contribution in [2.75, 3.05) is 12.4 Å². The molecular weight excluding hydrogens is 193 g/mol. The lowest BCUT2D eigenvalue weighted by atomic mass is 10.1. The second-order valence-electron chi connectivity index (χ2n) is 3.26. The molecule has 2 rings (SSSR count). The molecule has 13 heavy (non-hydrogen) atoms. The van der Waals surface area contributed by atoms with Gasteiger partial charge in [-0.05, 0) is 24.3 Å². The predicted molar refractivity (Wildman–Crippen MR) is 48.3 cm³/mol. The van der Waals surface area contributed by atoms with E-state index in [1.54, 1.807) is 6.07 Å². The van der Waals surface area contributed by atoms with Gasteiger partial charge >= 0.3 is 0 Å². The van der Waals surface area contributed by atoms with Gasteiger partial charge in [0.2, 0.25) is 0 Å². The fraction of sp³-hybridized carbons (Fsp3) is 0.500. The van der Waals surface area contributed by atoms with Crippen LogP contribution in [0.25, 0.3) is 0 Å². The second-order valence-corrected chi connectivity index (χ2v) is 3.65. The minimum atomic E-state index is -0.302. The van der Waals surface area contributed by atoms with Gasteiger partial charge in [-0.15, -0.1) is 10.2 Å². The van der Waals surface area contributed by atoms with Crippen molar-refractivity contribution in [1.29, 1.82) is 0 Å². The standard InChI is InChI=1S/C8H9ClFN3/c9-7-2-6(8(11)13-12-7)5-1-4(5)3-10/h2,4-5H,1,3H2,(H2,11,13)/t4-,5+/m1/s1. The van der Waals surface area contributed by atoms with E-state index in [1.165, 1.54) is 0 Å². The summed E-state index contributed by atoms with van der Waals surface area (Å²) in [7, 11) is 0. The first-order valence-electron chi connectivity index (χ1n) is 4.07. The zero-order valence-corrected chi connectivity index (χ0v) is 7.63. The number of nitrogens with two attached hydrogens (primary N) is 1. The smallest absolute Gasteiger partial charge is 0.152 e. The van der Waals surface area contributed by atoms with Gasteiger partial charge in [-0.2, -0.15) is 0 Å². The number of hydrogen-bond donors (Lipinski definition) is 1. The van der Waals surface area contributed by atoms with Crippen molar-refractivity contribution in [2.45, 2.75) is 12.3 Å². The molecule has 1 fully saturated rings. The van der Waals surface area contributed by atoms with Gasteiger partial charge in [-0.3, -0.25) is 4.39 Å². The highest BCUT2D eigenvalue weighted by Crippen LogP contribution is 2.49. The highest BCUT2D eigenvalue weighted by Gasteiger charge is 2.39. The van der Waals surface area contributed by atoms with Gasteiger partial charge in [0.15, 0.2) is 5.15 Å². The van der Waals surface area contributed by atoms with E-state index in [2.05, 4.69) is 10.2 Å². The highest BCUT2D eigenvalue weighted by atomic mass is 35.5. The lowest BCUT2D eigenvalue weighted by Gasteiger charge is -2.01. The van der Waals surface area contributed by atoms with Gasteiger partial charge in [-0.25, -0.2) is 0 Å².